The molecule has 2 rings (SSSR count). The molecule has 13 heavy (non-hydrogen) atoms. The molecule has 1 aromatic rings. The first-order valence-electron chi connectivity index (χ1n) is 4.26. The molecule has 1 aliphatic carbocycles. The molecular weight excluding hydrogens is 186 g/mol. The topological polar surface area (TPSA) is 39.2 Å². The number of carbonyl (C=O) groups is 1. The Morgan fingerprint density at radius 3 is 2.92 bits per heavy atom. The van der Waals surface area contributed by atoms with Gasteiger partial charge in [-0.15, -0.1) is 0 Å². The summed E-state index contributed by atoms with van der Waals surface area (Å²) in [5, 5.41) is 2.34. The largest absolute Gasteiger partial charge is 0.473 e. The standard InChI is InChI=1S/C9H11NO2S/c1-5-3-6(5)8(11)7-4-13-9(10-7)12-2/h4-6H,3H2,1-2H3. The lowest BCUT2D eigenvalue weighted by Gasteiger charge is -1.92. The summed E-state index contributed by atoms with van der Waals surface area (Å²) in [5.74, 6) is 0.930. The first-order chi connectivity index (χ1) is 6.22. The minimum absolute atomic E-state index is 0.173. The van der Waals surface area contributed by atoms with Crippen molar-refractivity contribution in [2.45, 2.75) is 13.3 Å². The van der Waals surface area contributed by atoms with Crippen LogP contribution in [0.4, 0.5) is 0 Å². The van der Waals surface area contributed by atoms with Gasteiger partial charge in [0.2, 0.25) is 0 Å². The number of Topliss-reactive ketones (excluding diaryl/α,β-unsaturated/α-hetero) is 1. The first-order valence-corrected chi connectivity index (χ1v) is 5.14. The van der Waals surface area contributed by atoms with Crippen molar-refractivity contribution in [3.63, 3.8) is 0 Å². The molecule has 0 N–H and O–H groups in total. The molecule has 0 aliphatic heterocycles. The van der Waals surface area contributed by atoms with Crippen molar-refractivity contribution in [2.24, 2.45) is 11.8 Å². The van der Waals surface area contributed by atoms with Crippen LogP contribution in [0.3, 0.4) is 0 Å². The zero-order valence-corrected chi connectivity index (χ0v) is 8.43. The molecule has 3 nitrogen and oxygen atoms in total. The highest BCUT2D eigenvalue weighted by Crippen LogP contribution is 2.40. The Balaban J connectivity index is 2.11. The number of aromatic nitrogens is 1. The van der Waals surface area contributed by atoms with Gasteiger partial charge in [0, 0.05) is 11.3 Å². The van der Waals surface area contributed by atoms with Crippen LogP contribution in [0.25, 0.3) is 0 Å². The van der Waals surface area contributed by atoms with E-state index in [-0.39, 0.29) is 11.7 Å². The summed E-state index contributed by atoms with van der Waals surface area (Å²) in [4.78, 5) is 15.7. The Labute approximate surface area is 80.8 Å². The molecule has 0 aromatic carbocycles. The first kappa shape index (κ1) is 8.69. The van der Waals surface area contributed by atoms with Crippen LogP contribution in [0.5, 0.6) is 5.19 Å². The maximum Gasteiger partial charge on any atom is 0.273 e. The van der Waals surface area contributed by atoms with E-state index in [1.165, 1.54) is 11.3 Å². The Kier molecular flexibility index (Phi) is 2.07. The van der Waals surface area contributed by atoms with E-state index >= 15 is 0 Å². The van der Waals surface area contributed by atoms with Crippen LogP contribution in [0, 0.1) is 11.8 Å². The summed E-state index contributed by atoms with van der Waals surface area (Å²) in [6.45, 7) is 2.09. The fourth-order valence-corrected chi connectivity index (χ4v) is 1.97. The normalized spacial score (nSPS) is 25.7. The third-order valence-corrected chi connectivity index (χ3v) is 3.16. The maximum atomic E-state index is 11.6. The highest BCUT2D eigenvalue weighted by molar-refractivity contribution is 7.11. The van der Waals surface area contributed by atoms with E-state index in [0.717, 1.165) is 6.42 Å². The molecule has 1 saturated carbocycles. The number of ketones is 1. The van der Waals surface area contributed by atoms with Gasteiger partial charge in [-0.1, -0.05) is 18.3 Å². The van der Waals surface area contributed by atoms with Gasteiger partial charge in [0.1, 0.15) is 5.69 Å². The zero-order chi connectivity index (χ0) is 9.42. The molecule has 2 atom stereocenters. The number of carbonyl (C=O) groups excluding carboxylic acids is 1. The quantitative estimate of drug-likeness (QED) is 0.696. The second-order valence-electron chi connectivity index (χ2n) is 3.39. The van der Waals surface area contributed by atoms with E-state index in [2.05, 4.69) is 11.9 Å². The minimum atomic E-state index is 0.173. The second kappa shape index (κ2) is 3.10. The van der Waals surface area contributed by atoms with Crippen LogP contribution < -0.4 is 4.74 Å². The molecule has 1 fully saturated rings. The van der Waals surface area contributed by atoms with Gasteiger partial charge in [-0.3, -0.25) is 4.79 Å². The predicted molar refractivity (Wildman–Crippen MR) is 50.3 cm³/mol. The maximum absolute atomic E-state index is 11.6. The summed E-state index contributed by atoms with van der Waals surface area (Å²) in [7, 11) is 1.56. The summed E-state index contributed by atoms with van der Waals surface area (Å²) < 4.78 is 4.93. The van der Waals surface area contributed by atoms with Gasteiger partial charge in [-0.25, -0.2) is 0 Å². The van der Waals surface area contributed by atoms with E-state index in [1.807, 2.05) is 0 Å². The molecule has 0 spiro atoms. The molecule has 1 heterocycles. The van der Waals surface area contributed by atoms with Crippen molar-refractivity contribution in [3.05, 3.63) is 11.1 Å². The summed E-state index contributed by atoms with van der Waals surface area (Å²) in [5.41, 5.74) is 0.566. The Bertz CT molecular complexity index is 334. The lowest BCUT2D eigenvalue weighted by Crippen LogP contribution is -2.03. The molecule has 0 amide bonds. The van der Waals surface area contributed by atoms with Crippen LogP contribution in [0.15, 0.2) is 5.38 Å². The van der Waals surface area contributed by atoms with Crippen molar-refractivity contribution in [2.75, 3.05) is 7.11 Å². The number of rotatable bonds is 3. The zero-order valence-electron chi connectivity index (χ0n) is 7.61. The number of nitrogens with zero attached hydrogens (tertiary/aromatic N) is 1. The summed E-state index contributed by atoms with van der Waals surface area (Å²) >= 11 is 1.37. The molecule has 0 radical (unpaired) electrons. The third-order valence-electron chi connectivity index (χ3n) is 2.36. The molecule has 4 heteroatoms. The molecule has 70 valence electrons. The highest BCUT2D eigenvalue weighted by Gasteiger charge is 2.40. The third kappa shape index (κ3) is 1.58. The molecule has 1 aromatic heterocycles. The van der Waals surface area contributed by atoms with Gasteiger partial charge < -0.3 is 4.74 Å². The minimum Gasteiger partial charge on any atom is -0.473 e. The number of thiazole rings is 1. The number of hydrogen-bond donors (Lipinski definition) is 0. The molecule has 0 saturated heterocycles. The van der Waals surface area contributed by atoms with Crippen LogP contribution in [0.1, 0.15) is 23.8 Å². The van der Waals surface area contributed by atoms with Gasteiger partial charge in [0.15, 0.2) is 5.78 Å². The fraction of sp³-hybridized carbons (Fsp3) is 0.556. The van der Waals surface area contributed by atoms with Crippen molar-refractivity contribution >= 4 is 17.1 Å². The van der Waals surface area contributed by atoms with Gasteiger partial charge in [0.25, 0.3) is 5.19 Å². The van der Waals surface area contributed by atoms with E-state index in [4.69, 9.17) is 4.74 Å². The smallest absolute Gasteiger partial charge is 0.273 e. The Hall–Kier alpha value is -0.900. The molecule has 0 bridgehead atoms. The van der Waals surface area contributed by atoms with Gasteiger partial charge in [-0.2, -0.15) is 4.98 Å². The summed E-state index contributed by atoms with van der Waals surface area (Å²) in [6, 6.07) is 0. The van der Waals surface area contributed by atoms with E-state index in [1.54, 1.807) is 12.5 Å². The number of hydrogen-bond acceptors (Lipinski definition) is 4. The van der Waals surface area contributed by atoms with Crippen LogP contribution in [0.2, 0.25) is 0 Å². The average molecular weight is 197 g/mol. The van der Waals surface area contributed by atoms with Crippen LogP contribution in [-0.4, -0.2) is 17.9 Å². The van der Waals surface area contributed by atoms with Crippen molar-refractivity contribution < 1.29 is 9.53 Å². The summed E-state index contributed by atoms with van der Waals surface area (Å²) in [6.07, 6.45) is 1.01. The average Bonchev–Trinajstić information content (AvgIpc) is 2.70. The predicted octanol–water partition coefficient (Wildman–Crippen LogP) is 1.99. The Morgan fingerprint density at radius 2 is 2.46 bits per heavy atom. The SMILES string of the molecule is COc1nc(C(=O)C2CC2C)cs1. The molecule has 1 aliphatic rings. The van der Waals surface area contributed by atoms with E-state index in [9.17, 15) is 4.79 Å². The second-order valence-corrected chi connectivity index (χ2v) is 4.21. The van der Waals surface area contributed by atoms with Gasteiger partial charge >= 0.3 is 0 Å². The van der Waals surface area contributed by atoms with Crippen LogP contribution >= 0.6 is 11.3 Å². The van der Waals surface area contributed by atoms with Gasteiger partial charge in [0.05, 0.1) is 7.11 Å². The van der Waals surface area contributed by atoms with Crippen molar-refractivity contribution in [1.29, 1.82) is 0 Å². The number of ether oxygens (including phenoxy) is 1. The van der Waals surface area contributed by atoms with Crippen molar-refractivity contribution in [1.82, 2.24) is 4.98 Å². The van der Waals surface area contributed by atoms with E-state index in [0.29, 0.717) is 16.8 Å². The number of methoxy groups -OCH3 is 1. The van der Waals surface area contributed by atoms with E-state index < -0.39 is 0 Å². The monoisotopic (exact) mass is 197 g/mol. The lowest BCUT2D eigenvalue weighted by molar-refractivity contribution is 0.0957. The fourth-order valence-electron chi connectivity index (χ4n) is 1.34. The lowest BCUT2D eigenvalue weighted by atomic mass is 10.2. The highest BCUT2D eigenvalue weighted by atomic mass is 32.1. The Morgan fingerprint density at radius 1 is 1.77 bits per heavy atom. The van der Waals surface area contributed by atoms with Crippen molar-refractivity contribution in [3.8, 4) is 5.19 Å². The van der Waals surface area contributed by atoms with Crippen LogP contribution in [-0.2, 0) is 0 Å². The van der Waals surface area contributed by atoms with Gasteiger partial charge in [-0.05, 0) is 12.3 Å². The molecular formula is C9H11NO2S. The molecule has 2 unspecified atom stereocenters.